The molecule has 0 bridgehead atoms. The number of benzene rings is 2. The first-order valence-corrected chi connectivity index (χ1v) is 11.8. The Bertz CT molecular complexity index is 1090. The van der Waals surface area contributed by atoms with Gasteiger partial charge in [0.15, 0.2) is 5.78 Å². The summed E-state index contributed by atoms with van der Waals surface area (Å²) < 4.78 is 68.6. The number of nitrogens with zero attached hydrogens (tertiary/aromatic N) is 2. The van der Waals surface area contributed by atoms with Crippen molar-refractivity contribution in [3.05, 3.63) is 65.5 Å². The van der Waals surface area contributed by atoms with Crippen molar-refractivity contribution in [1.29, 1.82) is 0 Å². The minimum atomic E-state index is -3.93. The highest BCUT2D eigenvalue weighted by molar-refractivity contribution is 7.90. The first-order chi connectivity index (χ1) is 15.7. The van der Waals surface area contributed by atoms with Crippen molar-refractivity contribution in [2.24, 2.45) is 0 Å². The Morgan fingerprint density at radius 3 is 2.30 bits per heavy atom. The van der Waals surface area contributed by atoms with Gasteiger partial charge >= 0.3 is 16.6 Å². The van der Waals surface area contributed by atoms with Gasteiger partial charge in [-0.25, -0.2) is 4.39 Å². The van der Waals surface area contributed by atoms with Gasteiger partial charge in [-0.1, -0.05) is 36.8 Å². The lowest BCUT2D eigenvalue weighted by atomic mass is 10.1. The molecule has 0 aromatic heterocycles. The lowest BCUT2D eigenvalue weighted by Crippen LogP contribution is -2.46. The molecule has 0 aliphatic carbocycles. The van der Waals surface area contributed by atoms with Crippen molar-refractivity contribution >= 4 is 27.6 Å². The molecule has 1 aliphatic heterocycles. The van der Waals surface area contributed by atoms with Crippen LogP contribution in [0.3, 0.4) is 0 Å². The van der Waals surface area contributed by atoms with Crippen LogP contribution in [-0.2, 0) is 21.5 Å². The number of halogens is 3. The van der Waals surface area contributed by atoms with Gasteiger partial charge in [0.2, 0.25) is 0 Å². The standard InChI is InChI=1S/C22H24F3N3O4S/c23-19-13-16(20(29)14-26-22(30)21(24)25)9-10-17(19)15-28(18-7-3-1-4-8-18)33(31,32)27-11-5-2-6-12-27/h1,3-4,7-10,13,21H,2,5-6,11-12,14-15H2,(H,26,30). The van der Waals surface area contributed by atoms with E-state index in [-0.39, 0.29) is 17.7 Å². The van der Waals surface area contributed by atoms with E-state index in [2.05, 4.69) is 0 Å². The number of amides is 1. The van der Waals surface area contributed by atoms with Crippen LogP contribution in [0.1, 0.15) is 35.2 Å². The summed E-state index contributed by atoms with van der Waals surface area (Å²) in [7, 11) is -3.93. The molecule has 0 atom stereocenters. The van der Waals surface area contributed by atoms with Crippen LogP contribution in [0.25, 0.3) is 0 Å². The molecule has 1 heterocycles. The highest BCUT2D eigenvalue weighted by atomic mass is 32.2. The van der Waals surface area contributed by atoms with Gasteiger partial charge in [-0.15, -0.1) is 0 Å². The summed E-state index contributed by atoms with van der Waals surface area (Å²) in [6, 6.07) is 11.8. The number of rotatable bonds is 9. The maximum absolute atomic E-state index is 14.8. The van der Waals surface area contributed by atoms with Crippen LogP contribution in [0, 0.1) is 5.82 Å². The van der Waals surface area contributed by atoms with Gasteiger partial charge in [-0.05, 0) is 31.0 Å². The molecule has 0 spiro atoms. The molecule has 0 radical (unpaired) electrons. The highest BCUT2D eigenvalue weighted by Crippen LogP contribution is 2.26. The Morgan fingerprint density at radius 2 is 1.70 bits per heavy atom. The molecule has 33 heavy (non-hydrogen) atoms. The molecule has 2 aromatic carbocycles. The third-order valence-electron chi connectivity index (χ3n) is 5.27. The van der Waals surface area contributed by atoms with E-state index >= 15 is 0 Å². The maximum Gasteiger partial charge on any atom is 0.315 e. The Hall–Kier alpha value is -2.92. The van der Waals surface area contributed by atoms with Gasteiger partial charge in [-0.3, -0.25) is 13.9 Å². The Labute approximate surface area is 190 Å². The second-order valence-electron chi connectivity index (χ2n) is 7.56. The zero-order chi connectivity index (χ0) is 24.0. The van der Waals surface area contributed by atoms with Crippen molar-refractivity contribution in [2.75, 3.05) is 23.9 Å². The number of nitrogens with one attached hydrogen (secondary N) is 1. The summed E-state index contributed by atoms with van der Waals surface area (Å²) in [6.07, 6.45) is -0.827. The predicted octanol–water partition coefficient (Wildman–Crippen LogP) is 3.13. The Morgan fingerprint density at radius 1 is 1.03 bits per heavy atom. The fraction of sp³-hybridized carbons (Fsp3) is 0.364. The summed E-state index contributed by atoms with van der Waals surface area (Å²) in [5.41, 5.74) is 0.279. The summed E-state index contributed by atoms with van der Waals surface area (Å²) in [5, 5.41) is 1.77. The van der Waals surface area contributed by atoms with Gasteiger partial charge in [0.1, 0.15) is 5.82 Å². The molecule has 7 nitrogen and oxygen atoms in total. The molecular formula is C22H24F3N3O4S. The van der Waals surface area contributed by atoms with E-state index in [1.54, 1.807) is 35.6 Å². The van der Waals surface area contributed by atoms with Gasteiger partial charge in [0.25, 0.3) is 5.91 Å². The third-order valence-corrected chi connectivity index (χ3v) is 7.19. The van der Waals surface area contributed by atoms with Crippen LogP contribution in [-0.4, -0.2) is 50.5 Å². The van der Waals surface area contributed by atoms with E-state index in [9.17, 15) is 31.2 Å². The first-order valence-electron chi connectivity index (χ1n) is 10.4. The maximum atomic E-state index is 14.8. The summed E-state index contributed by atoms with van der Waals surface area (Å²) in [4.78, 5) is 23.0. The minimum absolute atomic E-state index is 0.0348. The third kappa shape index (κ3) is 6.11. The highest BCUT2D eigenvalue weighted by Gasteiger charge is 2.31. The van der Waals surface area contributed by atoms with Crippen molar-refractivity contribution in [1.82, 2.24) is 9.62 Å². The molecule has 1 aliphatic rings. The quantitative estimate of drug-likeness (QED) is 0.556. The Balaban J connectivity index is 1.83. The number of hydrogen-bond donors (Lipinski definition) is 1. The lowest BCUT2D eigenvalue weighted by molar-refractivity contribution is -0.131. The molecule has 3 rings (SSSR count). The van der Waals surface area contributed by atoms with E-state index < -0.39 is 40.7 Å². The minimum Gasteiger partial charge on any atom is -0.344 e. The average Bonchev–Trinajstić information content (AvgIpc) is 2.82. The van der Waals surface area contributed by atoms with Crippen molar-refractivity contribution < 1.29 is 31.2 Å². The van der Waals surface area contributed by atoms with Gasteiger partial charge < -0.3 is 5.32 Å². The monoisotopic (exact) mass is 483 g/mol. The van der Waals surface area contributed by atoms with Crippen LogP contribution in [0.5, 0.6) is 0 Å². The Kier molecular flexibility index (Phi) is 8.09. The van der Waals surface area contributed by atoms with Crippen LogP contribution in [0.4, 0.5) is 18.9 Å². The summed E-state index contributed by atoms with van der Waals surface area (Å²) >= 11 is 0. The van der Waals surface area contributed by atoms with Gasteiger partial charge in [0.05, 0.1) is 18.8 Å². The summed E-state index contributed by atoms with van der Waals surface area (Å²) in [6.45, 7) is -0.245. The fourth-order valence-corrected chi connectivity index (χ4v) is 5.17. The van der Waals surface area contributed by atoms with Crippen LogP contribution in [0.15, 0.2) is 48.5 Å². The topological polar surface area (TPSA) is 86.8 Å². The zero-order valence-corrected chi connectivity index (χ0v) is 18.5. The lowest BCUT2D eigenvalue weighted by Gasteiger charge is -2.33. The molecule has 11 heteroatoms. The van der Waals surface area contributed by atoms with E-state index in [0.29, 0.717) is 18.8 Å². The molecule has 0 unspecified atom stereocenters. The van der Waals surface area contributed by atoms with Crippen molar-refractivity contribution in [3.8, 4) is 0 Å². The number of anilines is 1. The first kappa shape index (κ1) is 24.7. The molecule has 1 N–H and O–H groups in total. The van der Waals surface area contributed by atoms with Crippen LogP contribution in [0.2, 0.25) is 0 Å². The summed E-state index contributed by atoms with van der Waals surface area (Å²) in [5.74, 6) is -3.17. The second-order valence-corrected chi connectivity index (χ2v) is 9.41. The van der Waals surface area contributed by atoms with E-state index in [1.807, 2.05) is 0 Å². The second kappa shape index (κ2) is 10.8. The van der Waals surface area contributed by atoms with Crippen LogP contribution < -0.4 is 9.62 Å². The average molecular weight is 484 g/mol. The number of carbonyl (C=O) groups is 2. The molecule has 178 valence electrons. The zero-order valence-electron chi connectivity index (χ0n) is 17.7. The fourth-order valence-electron chi connectivity index (χ4n) is 3.49. The molecular weight excluding hydrogens is 459 g/mol. The van der Waals surface area contributed by atoms with Crippen LogP contribution >= 0.6 is 0 Å². The van der Waals surface area contributed by atoms with Gasteiger partial charge in [0, 0.05) is 24.2 Å². The smallest absolute Gasteiger partial charge is 0.315 e. The number of para-hydroxylation sites is 1. The largest absolute Gasteiger partial charge is 0.344 e. The number of carbonyl (C=O) groups excluding carboxylic acids is 2. The van der Waals surface area contributed by atoms with E-state index in [4.69, 9.17) is 0 Å². The normalized spacial score (nSPS) is 14.8. The van der Waals surface area contributed by atoms with Gasteiger partial charge in [-0.2, -0.15) is 21.5 Å². The molecule has 1 amide bonds. The number of alkyl halides is 2. The molecule has 2 aromatic rings. The van der Waals surface area contributed by atoms with E-state index in [0.717, 1.165) is 29.6 Å². The van der Waals surface area contributed by atoms with Crippen molar-refractivity contribution in [3.63, 3.8) is 0 Å². The molecule has 0 saturated carbocycles. The SMILES string of the molecule is O=C(CNC(=O)C(F)F)c1ccc(CN(c2ccccc2)S(=O)(=O)N2CCCCC2)c(F)c1. The molecule has 1 saturated heterocycles. The molecule has 1 fully saturated rings. The predicted molar refractivity (Wildman–Crippen MR) is 117 cm³/mol. The number of piperidine rings is 1. The number of ketones is 1. The number of Topliss-reactive ketones (excluding diaryl/α,β-unsaturated/α-hetero) is 1. The van der Waals surface area contributed by atoms with E-state index in [1.165, 1.54) is 16.4 Å². The number of hydrogen-bond acceptors (Lipinski definition) is 4. The van der Waals surface area contributed by atoms with Crippen molar-refractivity contribution in [2.45, 2.75) is 32.2 Å².